The Morgan fingerprint density at radius 2 is 1.97 bits per heavy atom. The largest absolute Gasteiger partial charge is 0.354 e. The lowest BCUT2D eigenvalue weighted by Gasteiger charge is -2.29. The minimum absolute atomic E-state index is 0.0362. The van der Waals surface area contributed by atoms with Crippen LogP contribution in [-0.2, 0) is 27.3 Å². The van der Waals surface area contributed by atoms with Gasteiger partial charge in [0, 0.05) is 44.6 Å². The zero-order chi connectivity index (χ0) is 22.2. The van der Waals surface area contributed by atoms with Gasteiger partial charge in [0.1, 0.15) is 6.04 Å². The Morgan fingerprint density at radius 3 is 2.78 bits per heavy atom. The molecule has 0 aliphatic carbocycles. The lowest BCUT2D eigenvalue weighted by atomic mass is 10.0. The Kier molecular flexibility index (Phi) is 5.17. The summed E-state index contributed by atoms with van der Waals surface area (Å²) in [5.41, 5.74) is 2.88. The van der Waals surface area contributed by atoms with E-state index in [1.54, 1.807) is 10.7 Å². The first-order valence-corrected chi connectivity index (χ1v) is 10.7. The maximum absolute atomic E-state index is 13.0. The summed E-state index contributed by atoms with van der Waals surface area (Å²) in [5, 5.41) is 13.5. The number of piperazine rings is 1. The third kappa shape index (κ3) is 3.86. The molecule has 1 aromatic heterocycles. The molecule has 2 N–H and O–H groups in total. The first-order chi connectivity index (χ1) is 15.5. The van der Waals surface area contributed by atoms with Gasteiger partial charge in [-0.15, -0.1) is 5.10 Å². The molecule has 4 heterocycles. The molecule has 11 nitrogen and oxygen atoms in total. The number of amides is 4. The predicted octanol–water partition coefficient (Wildman–Crippen LogP) is -0.997. The van der Waals surface area contributed by atoms with Gasteiger partial charge in [0.25, 0.3) is 5.91 Å². The lowest BCUT2D eigenvalue weighted by molar-refractivity contribution is -0.137. The van der Waals surface area contributed by atoms with Crippen LogP contribution >= 0.6 is 0 Å². The lowest BCUT2D eigenvalue weighted by Crippen LogP contribution is -2.52. The number of rotatable bonds is 5. The van der Waals surface area contributed by atoms with Gasteiger partial charge in [-0.25, -0.2) is 4.68 Å². The average Bonchev–Trinajstić information content (AvgIpc) is 3.37. The van der Waals surface area contributed by atoms with E-state index in [-0.39, 0.29) is 24.1 Å². The zero-order valence-electron chi connectivity index (χ0n) is 17.4. The molecule has 2 saturated heterocycles. The molecular weight excluding hydrogens is 414 g/mol. The van der Waals surface area contributed by atoms with Crippen LogP contribution in [0.25, 0.3) is 5.69 Å². The summed E-state index contributed by atoms with van der Waals surface area (Å²) in [6, 6.07) is 4.86. The minimum atomic E-state index is -0.633. The Labute approximate surface area is 183 Å². The number of imide groups is 1. The quantitative estimate of drug-likeness (QED) is 0.574. The monoisotopic (exact) mass is 437 g/mol. The molecule has 0 saturated carbocycles. The fourth-order valence-electron chi connectivity index (χ4n) is 4.38. The van der Waals surface area contributed by atoms with Crippen LogP contribution < -0.4 is 10.6 Å². The van der Waals surface area contributed by atoms with Crippen LogP contribution in [0.1, 0.15) is 34.5 Å². The molecule has 0 bridgehead atoms. The second-order valence-electron chi connectivity index (χ2n) is 8.27. The van der Waals surface area contributed by atoms with Gasteiger partial charge in [0.05, 0.1) is 24.1 Å². The second kappa shape index (κ2) is 8.15. The molecule has 3 aliphatic heterocycles. The van der Waals surface area contributed by atoms with Gasteiger partial charge in [0.15, 0.2) is 0 Å². The molecule has 1 unspecified atom stereocenters. The van der Waals surface area contributed by atoms with Crippen LogP contribution in [0.5, 0.6) is 0 Å². The fraction of sp³-hybridized carbons (Fsp3) is 0.429. The summed E-state index contributed by atoms with van der Waals surface area (Å²) in [6.45, 7) is 2.92. The summed E-state index contributed by atoms with van der Waals surface area (Å²) >= 11 is 0. The molecule has 0 spiro atoms. The fourth-order valence-corrected chi connectivity index (χ4v) is 4.38. The second-order valence-corrected chi connectivity index (χ2v) is 8.27. The summed E-state index contributed by atoms with van der Waals surface area (Å²) in [5.74, 6) is -0.910. The molecule has 11 heteroatoms. The number of piperidine rings is 1. The average molecular weight is 437 g/mol. The number of benzene rings is 1. The standard InChI is InChI=1S/C21H23N7O4/c29-18-4-3-17(20(31)23-18)27-10-13-1-2-15(9-16(13)21(27)32)28-11-14(24-25-28)5-7-26-8-6-22-19(30)12-26/h1-2,9,11,17H,3-8,10,12H2,(H,22,30)(H,23,29,31). The number of carbonyl (C=O) groups excluding carboxylic acids is 4. The van der Waals surface area contributed by atoms with Crippen molar-refractivity contribution in [2.24, 2.45) is 0 Å². The van der Waals surface area contributed by atoms with E-state index >= 15 is 0 Å². The predicted molar refractivity (Wildman–Crippen MR) is 111 cm³/mol. The van der Waals surface area contributed by atoms with E-state index in [1.807, 2.05) is 18.3 Å². The van der Waals surface area contributed by atoms with Crippen molar-refractivity contribution in [2.45, 2.75) is 31.8 Å². The van der Waals surface area contributed by atoms with E-state index in [9.17, 15) is 19.2 Å². The topological polar surface area (TPSA) is 130 Å². The smallest absolute Gasteiger partial charge is 0.255 e. The van der Waals surface area contributed by atoms with Crippen molar-refractivity contribution in [1.29, 1.82) is 0 Å². The van der Waals surface area contributed by atoms with Crippen LogP contribution in [0.3, 0.4) is 0 Å². The van der Waals surface area contributed by atoms with Gasteiger partial charge >= 0.3 is 0 Å². The first kappa shape index (κ1) is 20.3. The van der Waals surface area contributed by atoms with E-state index in [4.69, 9.17) is 0 Å². The molecule has 5 rings (SSSR count). The van der Waals surface area contributed by atoms with E-state index in [0.717, 1.165) is 24.3 Å². The van der Waals surface area contributed by atoms with Crippen molar-refractivity contribution < 1.29 is 19.2 Å². The van der Waals surface area contributed by atoms with Crippen molar-refractivity contribution in [3.05, 3.63) is 41.2 Å². The molecule has 1 atom stereocenters. The Balaban J connectivity index is 1.27. The van der Waals surface area contributed by atoms with Crippen LogP contribution in [0.2, 0.25) is 0 Å². The van der Waals surface area contributed by atoms with Gasteiger partial charge in [-0.3, -0.25) is 29.4 Å². The number of aromatic nitrogens is 3. The Morgan fingerprint density at radius 1 is 1.09 bits per heavy atom. The molecule has 2 aromatic rings. The van der Waals surface area contributed by atoms with E-state index in [2.05, 4.69) is 25.8 Å². The third-order valence-electron chi connectivity index (χ3n) is 6.12. The van der Waals surface area contributed by atoms with E-state index in [0.29, 0.717) is 43.7 Å². The minimum Gasteiger partial charge on any atom is -0.354 e. The molecule has 4 amide bonds. The Hall–Kier alpha value is -3.60. The molecule has 166 valence electrons. The van der Waals surface area contributed by atoms with Crippen molar-refractivity contribution in [1.82, 2.24) is 35.4 Å². The van der Waals surface area contributed by atoms with Gasteiger partial charge in [-0.1, -0.05) is 11.3 Å². The van der Waals surface area contributed by atoms with Gasteiger partial charge < -0.3 is 10.2 Å². The van der Waals surface area contributed by atoms with Crippen LogP contribution in [0, 0.1) is 0 Å². The normalized spacial score (nSPS) is 21.5. The molecule has 32 heavy (non-hydrogen) atoms. The summed E-state index contributed by atoms with van der Waals surface area (Å²) in [4.78, 5) is 51.7. The molecule has 0 radical (unpaired) electrons. The van der Waals surface area contributed by atoms with Crippen LogP contribution in [0.4, 0.5) is 0 Å². The first-order valence-electron chi connectivity index (χ1n) is 10.7. The number of hydrogen-bond acceptors (Lipinski definition) is 7. The SMILES string of the molecule is O=C1CN(CCc2cn(-c3ccc4c(c3)C(=O)N(C3CCC(=O)NC3=O)C4)nn2)CCN1. The molecule has 3 aliphatic rings. The molecular formula is C21H23N7O4. The number of nitrogens with one attached hydrogen (secondary N) is 2. The summed E-state index contributed by atoms with van der Waals surface area (Å²) < 4.78 is 1.63. The highest BCUT2D eigenvalue weighted by Crippen LogP contribution is 2.29. The number of nitrogens with zero attached hydrogens (tertiary/aromatic N) is 5. The Bertz CT molecular complexity index is 1110. The third-order valence-corrected chi connectivity index (χ3v) is 6.12. The van der Waals surface area contributed by atoms with Gasteiger partial charge in [-0.2, -0.15) is 0 Å². The highest BCUT2D eigenvalue weighted by atomic mass is 16.2. The van der Waals surface area contributed by atoms with Gasteiger partial charge in [-0.05, 0) is 24.1 Å². The molecule has 2 fully saturated rings. The maximum atomic E-state index is 13.0. The van der Waals surface area contributed by atoms with Crippen molar-refractivity contribution in [2.75, 3.05) is 26.2 Å². The highest BCUT2D eigenvalue weighted by Gasteiger charge is 2.39. The number of carbonyl (C=O) groups is 4. The van der Waals surface area contributed by atoms with Crippen molar-refractivity contribution >= 4 is 23.6 Å². The van der Waals surface area contributed by atoms with E-state index < -0.39 is 11.9 Å². The van der Waals surface area contributed by atoms with Crippen molar-refractivity contribution in [3.63, 3.8) is 0 Å². The summed E-state index contributed by atoms with van der Waals surface area (Å²) in [6.07, 6.45) is 3.05. The van der Waals surface area contributed by atoms with Gasteiger partial charge in [0.2, 0.25) is 17.7 Å². The van der Waals surface area contributed by atoms with E-state index in [1.165, 1.54) is 4.90 Å². The van der Waals surface area contributed by atoms with Crippen LogP contribution in [0.15, 0.2) is 24.4 Å². The maximum Gasteiger partial charge on any atom is 0.255 e. The highest BCUT2D eigenvalue weighted by molar-refractivity contribution is 6.05. The van der Waals surface area contributed by atoms with Crippen molar-refractivity contribution in [3.8, 4) is 5.69 Å². The molecule has 1 aromatic carbocycles. The van der Waals surface area contributed by atoms with Crippen LogP contribution in [-0.4, -0.2) is 80.6 Å². The zero-order valence-corrected chi connectivity index (χ0v) is 17.4. The number of hydrogen-bond donors (Lipinski definition) is 2. The number of fused-ring (bicyclic) bond motifs is 1. The summed E-state index contributed by atoms with van der Waals surface area (Å²) in [7, 11) is 0.